The number of rotatable bonds is 3. The van der Waals surface area contributed by atoms with Gasteiger partial charge in [0.15, 0.2) is 0 Å². The van der Waals surface area contributed by atoms with E-state index in [4.69, 9.17) is 16.3 Å². The second-order valence-corrected chi connectivity index (χ2v) is 5.05. The minimum Gasteiger partial charge on any atom is -0.497 e. The summed E-state index contributed by atoms with van der Waals surface area (Å²) >= 11 is 6.02. The second kappa shape index (κ2) is 5.37. The average Bonchev–Trinajstić information content (AvgIpc) is 2.84. The van der Waals surface area contributed by atoms with Gasteiger partial charge in [-0.05, 0) is 42.8 Å². The number of benzene rings is 2. The predicted octanol–water partition coefficient (Wildman–Crippen LogP) is 4.22. The van der Waals surface area contributed by atoms with Gasteiger partial charge in [-0.25, -0.2) is 9.37 Å². The molecule has 0 radical (unpaired) electrons. The predicted molar refractivity (Wildman–Crippen MR) is 81.9 cm³/mol. The molecule has 0 amide bonds. The van der Waals surface area contributed by atoms with Crippen LogP contribution in [0.2, 0.25) is 0 Å². The van der Waals surface area contributed by atoms with E-state index in [0.717, 1.165) is 33.9 Å². The molecule has 3 aromatic rings. The van der Waals surface area contributed by atoms with Crippen LogP contribution in [0.3, 0.4) is 0 Å². The third-order valence-corrected chi connectivity index (χ3v) is 3.69. The number of halogens is 2. The number of hydrogen-bond donors (Lipinski definition) is 0. The van der Waals surface area contributed by atoms with Crippen molar-refractivity contribution in [1.82, 2.24) is 9.55 Å². The highest BCUT2D eigenvalue weighted by Gasteiger charge is 2.14. The molecule has 0 unspecified atom stereocenters. The molecule has 3 nitrogen and oxygen atoms in total. The summed E-state index contributed by atoms with van der Waals surface area (Å²) in [5.74, 6) is 1.47. The zero-order valence-corrected chi connectivity index (χ0v) is 12.5. The quantitative estimate of drug-likeness (QED) is 0.677. The van der Waals surface area contributed by atoms with E-state index in [2.05, 4.69) is 4.98 Å². The average molecular weight is 305 g/mol. The number of ether oxygens (including phenoxy) is 1. The lowest BCUT2D eigenvalue weighted by Gasteiger charge is -2.11. The molecular weight excluding hydrogens is 291 g/mol. The van der Waals surface area contributed by atoms with E-state index in [0.29, 0.717) is 0 Å². The van der Waals surface area contributed by atoms with Gasteiger partial charge in [0.2, 0.25) is 0 Å². The Labute approximate surface area is 126 Å². The van der Waals surface area contributed by atoms with E-state index < -0.39 is 0 Å². The Hall–Kier alpha value is -2.07. The molecule has 108 valence electrons. The molecule has 1 aromatic heterocycles. The van der Waals surface area contributed by atoms with Crippen molar-refractivity contribution in [3.8, 4) is 11.4 Å². The first kappa shape index (κ1) is 13.9. The maximum atomic E-state index is 13.3. The highest BCUT2D eigenvalue weighted by molar-refractivity contribution is 6.17. The van der Waals surface area contributed by atoms with Crippen molar-refractivity contribution in [3.63, 3.8) is 0 Å². The van der Waals surface area contributed by atoms with E-state index in [1.807, 2.05) is 29.7 Å². The number of aromatic nitrogens is 2. The minimum atomic E-state index is -0.259. The number of alkyl halides is 1. The molecule has 2 aromatic carbocycles. The summed E-state index contributed by atoms with van der Waals surface area (Å²) in [5.41, 5.74) is 3.40. The Morgan fingerprint density at radius 2 is 2.05 bits per heavy atom. The molecule has 3 rings (SSSR count). The van der Waals surface area contributed by atoms with Crippen LogP contribution in [-0.2, 0) is 5.88 Å². The summed E-state index contributed by atoms with van der Waals surface area (Å²) < 4.78 is 20.5. The van der Waals surface area contributed by atoms with E-state index in [-0.39, 0.29) is 11.7 Å². The van der Waals surface area contributed by atoms with Crippen LogP contribution in [0.15, 0.2) is 36.4 Å². The Morgan fingerprint density at radius 3 is 2.71 bits per heavy atom. The topological polar surface area (TPSA) is 27.1 Å². The van der Waals surface area contributed by atoms with Crippen LogP contribution < -0.4 is 4.74 Å². The summed E-state index contributed by atoms with van der Waals surface area (Å²) in [6.07, 6.45) is 0. The third-order valence-electron chi connectivity index (χ3n) is 3.45. The summed E-state index contributed by atoms with van der Waals surface area (Å²) in [6.45, 7) is 1.86. The summed E-state index contributed by atoms with van der Waals surface area (Å²) in [6, 6.07) is 10.3. The van der Waals surface area contributed by atoms with Crippen molar-refractivity contribution in [2.45, 2.75) is 12.8 Å². The van der Waals surface area contributed by atoms with Crippen molar-refractivity contribution in [2.75, 3.05) is 7.11 Å². The lowest BCUT2D eigenvalue weighted by molar-refractivity contribution is 0.415. The van der Waals surface area contributed by atoms with Crippen LogP contribution >= 0.6 is 11.6 Å². The first-order chi connectivity index (χ1) is 10.1. The van der Waals surface area contributed by atoms with Crippen LogP contribution in [0.1, 0.15) is 11.4 Å². The first-order valence-electron chi connectivity index (χ1n) is 6.52. The normalized spacial score (nSPS) is 11.0. The van der Waals surface area contributed by atoms with Gasteiger partial charge in [0.05, 0.1) is 29.7 Å². The number of imidazole rings is 1. The number of aryl methyl sites for hydroxylation is 1. The molecule has 1 heterocycles. The standard InChI is InChI=1S/C16H14ClFN2O/c1-10-7-11(18)3-6-14(10)20-15-8-12(21-2)4-5-13(15)19-16(20)9-17/h3-8H,9H2,1-2H3. The fourth-order valence-corrected chi connectivity index (χ4v) is 2.64. The number of hydrogen-bond acceptors (Lipinski definition) is 2. The van der Waals surface area contributed by atoms with Gasteiger partial charge in [0.25, 0.3) is 0 Å². The molecule has 0 aliphatic heterocycles. The lowest BCUT2D eigenvalue weighted by atomic mass is 10.2. The van der Waals surface area contributed by atoms with Gasteiger partial charge in [-0.15, -0.1) is 11.6 Å². The Morgan fingerprint density at radius 1 is 1.24 bits per heavy atom. The zero-order chi connectivity index (χ0) is 15.0. The molecule has 0 saturated heterocycles. The fourth-order valence-electron chi connectivity index (χ4n) is 2.46. The maximum Gasteiger partial charge on any atom is 0.129 e. The van der Waals surface area contributed by atoms with Gasteiger partial charge in [-0.1, -0.05) is 0 Å². The van der Waals surface area contributed by atoms with Gasteiger partial charge in [0, 0.05) is 6.07 Å². The molecule has 0 aliphatic rings. The molecule has 0 aliphatic carbocycles. The Balaban J connectivity index is 2.33. The molecule has 0 saturated carbocycles. The van der Waals surface area contributed by atoms with E-state index in [1.54, 1.807) is 13.2 Å². The fraction of sp³-hybridized carbons (Fsp3) is 0.188. The van der Waals surface area contributed by atoms with Gasteiger partial charge < -0.3 is 4.74 Å². The van der Waals surface area contributed by atoms with Crippen LogP contribution in [0.4, 0.5) is 4.39 Å². The van der Waals surface area contributed by atoms with Gasteiger partial charge in [-0.2, -0.15) is 0 Å². The lowest BCUT2D eigenvalue weighted by Crippen LogP contribution is -2.02. The van der Waals surface area contributed by atoms with E-state index >= 15 is 0 Å². The number of nitrogens with zero attached hydrogens (tertiary/aromatic N) is 2. The van der Waals surface area contributed by atoms with Crippen molar-refractivity contribution in [2.24, 2.45) is 0 Å². The molecule has 0 atom stereocenters. The maximum absolute atomic E-state index is 13.3. The number of fused-ring (bicyclic) bond motifs is 1. The minimum absolute atomic E-state index is 0.259. The summed E-state index contributed by atoms with van der Waals surface area (Å²) in [5, 5.41) is 0. The van der Waals surface area contributed by atoms with Gasteiger partial charge in [0.1, 0.15) is 17.4 Å². The molecular formula is C16H14ClFN2O. The molecule has 5 heteroatoms. The van der Waals surface area contributed by atoms with Crippen LogP contribution in [0, 0.1) is 12.7 Å². The van der Waals surface area contributed by atoms with Crippen molar-refractivity contribution >= 4 is 22.6 Å². The Bertz CT molecular complexity index is 813. The monoisotopic (exact) mass is 304 g/mol. The van der Waals surface area contributed by atoms with Crippen molar-refractivity contribution < 1.29 is 9.13 Å². The SMILES string of the molecule is COc1ccc2nc(CCl)n(-c3ccc(F)cc3C)c2c1. The molecule has 21 heavy (non-hydrogen) atoms. The van der Waals surface area contributed by atoms with Crippen LogP contribution in [0.25, 0.3) is 16.7 Å². The largest absolute Gasteiger partial charge is 0.497 e. The zero-order valence-electron chi connectivity index (χ0n) is 11.7. The first-order valence-corrected chi connectivity index (χ1v) is 7.05. The van der Waals surface area contributed by atoms with Gasteiger partial charge >= 0.3 is 0 Å². The second-order valence-electron chi connectivity index (χ2n) is 4.78. The summed E-state index contributed by atoms with van der Waals surface area (Å²) in [4.78, 5) is 4.53. The molecule has 0 spiro atoms. The summed E-state index contributed by atoms with van der Waals surface area (Å²) in [7, 11) is 1.62. The van der Waals surface area contributed by atoms with E-state index in [1.165, 1.54) is 12.1 Å². The smallest absolute Gasteiger partial charge is 0.129 e. The highest BCUT2D eigenvalue weighted by Crippen LogP contribution is 2.28. The van der Waals surface area contributed by atoms with Crippen molar-refractivity contribution in [3.05, 3.63) is 53.6 Å². The molecule has 0 bridgehead atoms. The Kier molecular flexibility index (Phi) is 3.55. The van der Waals surface area contributed by atoms with Crippen LogP contribution in [-0.4, -0.2) is 16.7 Å². The van der Waals surface area contributed by atoms with Crippen LogP contribution in [0.5, 0.6) is 5.75 Å². The number of methoxy groups -OCH3 is 1. The molecule has 0 fully saturated rings. The molecule has 0 N–H and O–H groups in total. The highest BCUT2D eigenvalue weighted by atomic mass is 35.5. The third kappa shape index (κ3) is 2.36. The van der Waals surface area contributed by atoms with Gasteiger partial charge in [-0.3, -0.25) is 4.57 Å². The van der Waals surface area contributed by atoms with E-state index in [9.17, 15) is 4.39 Å². The van der Waals surface area contributed by atoms with Crippen molar-refractivity contribution in [1.29, 1.82) is 0 Å².